The zero-order valence-corrected chi connectivity index (χ0v) is 14.6. The molecule has 4 heteroatoms. The second kappa shape index (κ2) is 6.43. The van der Waals surface area contributed by atoms with E-state index in [0.717, 1.165) is 21.5 Å². The number of hydrogen-bond donors (Lipinski definition) is 0. The third kappa shape index (κ3) is 3.36. The van der Waals surface area contributed by atoms with Gasteiger partial charge in [-0.1, -0.05) is 57.9 Å². The molecule has 0 aliphatic heterocycles. The van der Waals surface area contributed by atoms with Crippen molar-refractivity contribution in [2.24, 2.45) is 5.92 Å². The quantitative estimate of drug-likeness (QED) is 0.743. The maximum Gasteiger partial charge on any atom is 0.226 e. The first-order chi connectivity index (χ1) is 10.6. The third-order valence-corrected chi connectivity index (χ3v) is 5.13. The van der Waals surface area contributed by atoms with E-state index in [1.807, 2.05) is 54.4 Å². The Kier molecular flexibility index (Phi) is 4.55. The van der Waals surface area contributed by atoms with E-state index < -0.39 is 0 Å². The lowest BCUT2D eigenvalue weighted by Crippen LogP contribution is -2.28. The molecule has 22 heavy (non-hydrogen) atoms. The first-order valence-corrected chi connectivity index (χ1v) is 8.47. The zero-order valence-electron chi connectivity index (χ0n) is 12.3. The van der Waals surface area contributed by atoms with Crippen molar-refractivity contribution in [1.29, 1.82) is 0 Å². The van der Waals surface area contributed by atoms with Crippen molar-refractivity contribution in [3.05, 3.63) is 69.2 Å². The lowest BCUT2D eigenvalue weighted by atomic mass is 10.1. The number of benzene rings is 2. The van der Waals surface area contributed by atoms with E-state index in [9.17, 15) is 4.79 Å². The largest absolute Gasteiger partial charge is 0.341 e. The Bertz CT molecular complexity index is 703. The molecular formula is C18H17BrClNO. The van der Waals surface area contributed by atoms with Crippen LogP contribution in [0.2, 0.25) is 5.02 Å². The Morgan fingerprint density at radius 1 is 1.27 bits per heavy atom. The maximum atomic E-state index is 12.6. The minimum absolute atomic E-state index is 0.0888. The Morgan fingerprint density at radius 3 is 2.77 bits per heavy atom. The summed E-state index contributed by atoms with van der Waals surface area (Å²) in [6.07, 6.45) is 0.916. The number of nitrogens with zero attached hydrogens (tertiary/aromatic N) is 1. The summed E-state index contributed by atoms with van der Waals surface area (Å²) in [4.78, 5) is 14.4. The van der Waals surface area contributed by atoms with Gasteiger partial charge in [-0.2, -0.15) is 0 Å². The van der Waals surface area contributed by atoms with E-state index in [0.29, 0.717) is 12.5 Å². The van der Waals surface area contributed by atoms with E-state index in [1.165, 1.54) is 5.56 Å². The molecule has 1 aliphatic rings. The molecule has 0 heterocycles. The summed E-state index contributed by atoms with van der Waals surface area (Å²) in [5.74, 6) is 0.611. The molecule has 1 fully saturated rings. The molecule has 1 saturated carbocycles. The van der Waals surface area contributed by atoms with Crippen LogP contribution < -0.4 is 0 Å². The molecule has 3 rings (SSSR count). The minimum Gasteiger partial charge on any atom is -0.341 e. The Labute approximate surface area is 144 Å². The first kappa shape index (κ1) is 15.6. The zero-order chi connectivity index (χ0) is 15.7. The van der Waals surface area contributed by atoms with Crippen molar-refractivity contribution in [2.75, 3.05) is 7.05 Å². The van der Waals surface area contributed by atoms with Crippen LogP contribution in [0.1, 0.15) is 23.5 Å². The van der Waals surface area contributed by atoms with Crippen LogP contribution in [-0.2, 0) is 11.3 Å². The number of halogens is 2. The maximum absolute atomic E-state index is 12.6. The number of hydrogen-bond acceptors (Lipinski definition) is 1. The highest BCUT2D eigenvalue weighted by molar-refractivity contribution is 9.10. The molecule has 2 aromatic carbocycles. The van der Waals surface area contributed by atoms with Gasteiger partial charge >= 0.3 is 0 Å². The lowest BCUT2D eigenvalue weighted by molar-refractivity contribution is -0.131. The fourth-order valence-electron chi connectivity index (χ4n) is 2.82. The van der Waals surface area contributed by atoms with Gasteiger partial charge in [0, 0.05) is 29.0 Å². The van der Waals surface area contributed by atoms with Crippen LogP contribution in [0, 0.1) is 5.92 Å². The Morgan fingerprint density at radius 2 is 2.05 bits per heavy atom. The van der Waals surface area contributed by atoms with Gasteiger partial charge in [0.1, 0.15) is 0 Å². The van der Waals surface area contributed by atoms with Crippen LogP contribution in [0.5, 0.6) is 0 Å². The van der Waals surface area contributed by atoms with Crippen LogP contribution >= 0.6 is 27.5 Å². The van der Waals surface area contributed by atoms with Gasteiger partial charge in [-0.05, 0) is 41.7 Å². The second-order valence-electron chi connectivity index (χ2n) is 5.79. The molecule has 0 saturated heterocycles. The van der Waals surface area contributed by atoms with E-state index in [-0.39, 0.29) is 11.8 Å². The Balaban J connectivity index is 1.64. The van der Waals surface area contributed by atoms with Gasteiger partial charge in [-0.15, -0.1) is 0 Å². The summed E-state index contributed by atoms with van der Waals surface area (Å²) in [7, 11) is 1.87. The molecule has 114 valence electrons. The molecule has 2 atom stereocenters. The van der Waals surface area contributed by atoms with E-state index >= 15 is 0 Å². The highest BCUT2D eigenvalue weighted by Gasteiger charge is 2.45. The highest BCUT2D eigenvalue weighted by Crippen LogP contribution is 2.48. The van der Waals surface area contributed by atoms with Crippen LogP contribution in [0.4, 0.5) is 0 Å². The minimum atomic E-state index is 0.0888. The average molecular weight is 379 g/mol. The predicted molar refractivity (Wildman–Crippen MR) is 92.9 cm³/mol. The predicted octanol–water partition coefficient (Wildman–Crippen LogP) is 4.86. The van der Waals surface area contributed by atoms with Crippen LogP contribution in [0.25, 0.3) is 0 Å². The van der Waals surface area contributed by atoms with Gasteiger partial charge in [0.2, 0.25) is 5.91 Å². The van der Waals surface area contributed by atoms with E-state index in [2.05, 4.69) is 22.0 Å². The van der Waals surface area contributed by atoms with Gasteiger partial charge in [0.25, 0.3) is 0 Å². The number of carbonyl (C=O) groups excluding carboxylic acids is 1. The van der Waals surface area contributed by atoms with Crippen molar-refractivity contribution in [3.63, 3.8) is 0 Å². The lowest BCUT2D eigenvalue weighted by Gasteiger charge is -2.18. The van der Waals surface area contributed by atoms with Crippen molar-refractivity contribution >= 4 is 33.4 Å². The summed E-state index contributed by atoms with van der Waals surface area (Å²) >= 11 is 9.56. The molecule has 0 radical (unpaired) electrons. The first-order valence-electron chi connectivity index (χ1n) is 7.30. The van der Waals surface area contributed by atoms with Gasteiger partial charge in [0.05, 0.1) is 0 Å². The summed E-state index contributed by atoms with van der Waals surface area (Å²) in [6, 6.07) is 15.8. The van der Waals surface area contributed by atoms with Crippen molar-refractivity contribution in [2.45, 2.75) is 18.9 Å². The summed E-state index contributed by atoms with van der Waals surface area (Å²) in [6.45, 7) is 0.624. The van der Waals surface area contributed by atoms with Gasteiger partial charge in [0.15, 0.2) is 0 Å². The SMILES string of the molecule is CN(Cc1ccccc1Br)C(=O)C1CC1c1cccc(Cl)c1. The number of rotatable bonds is 4. The number of amides is 1. The third-order valence-electron chi connectivity index (χ3n) is 4.13. The van der Waals surface area contributed by atoms with Crippen molar-refractivity contribution in [3.8, 4) is 0 Å². The molecular weight excluding hydrogens is 362 g/mol. The summed E-state index contributed by atoms with van der Waals surface area (Å²) in [5, 5.41) is 0.733. The molecule has 1 aliphatic carbocycles. The molecule has 0 bridgehead atoms. The van der Waals surface area contributed by atoms with Crippen molar-refractivity contribution in [1.82, 2.24) is 4.90 Å². The summed E-state index contributed by atoms with van der Waals surface area (Å²) < 4.78 is 1.04. The fraction of sp³-hybridized carbons (Fsp3) is 0.278. The number of carbonyl (C=O) groups is 1. The van der Waals surface area contributed by atoms with E-state index in [4.69, 9.17) is 11.6 Å². The van der Waals surface area contributed by atoms with Crippen molar-refractivity contribution < 1.29 is 4.79 Å². The van der Waals surface area contributed by atoms with Gasteiger partial charge in [-0.25, -0.2) is 0 Å². The van der Waals surface area contributed by atoms with E-state index in [1.54, 1.807) is 0 Å². The smallest absolute Gasteiger partial charge is 0.226 e. The molecule has 2 aromatic rings. The molecule has 2 unspecified atom stereocenters. The van der Waals surface area contributed by atoms with Crippen LogP contribution in [0.3, 0.4) is 0 Å². The summed E-state index contributed by atoms with van der Waals surface area (Å²) in [5.41, 5.74) is 2.29. The van der Waals surface area contributed by atoms with Crippen LogP contribution in [-0.4, -0.2) is 17.9 Å². The molecule has 0 aromatic heterocycles. The topological polar surface area (TPSA) is 20.3 Å². The van der Waals surface area contributed by atoms with Gasteiger partial charge < -0.3 is 4.90 Å². The average Bonchev–Trinajstić information content (AvgIpc) is 3.29. The molecule has 0 spiro atoms. The Hall–Kier alpha value is -1.32. The normalized spacial score (nSPS) is 19.8. The molecule has 0 N–H and O–H groups in total. The second-order valence-corrected chi connectivity index (χ2v) is 7.08. The van der Waals surface area contributed by atoms with Crippen LogP contribution in [0.15, 0.2) is 53.0 Å². The molecule has 2 nitrogen and oxygen atoms in total. The molecule has 1 amide bonds. The monoisotopic (exact) mass is 377 g/mol. The van der Waals surface area contributed by atoms with Gasteiger partial charge in [-0.3, -0.25) is 4.79 Å². The highest BCUT2D eigenvalue weighted by atomic mass is 79.9. The fourth-order valence-corrected chi connectivity index (χ4v) is 3.43. The standard InChI is InChI=1S/C18H17BrClNO/c1-21(11-13-5-2-3-8-17(13)19)18(22)16-10-15(16)12-6-4-7-14(20)9-12/h2-9,15-16H,10-11H2,1H3.